The topological polar surface area (TPSA) is 145 Å². The van der Waals surface area contributed by atoms with Crippen molar-refractivity contribution in [2.24, 2.45) is 22.4 Å². The zero-order valence-electron chi connectivity index (χ0n) is 35.5. The summed E-state index contributed by atoms with van der Waals surface area (Å²) in [4.78, 5) is 36.4. The van der Waals surface area contributed by atoms with Gasteiger partial charge in [-0.15, -0.1) is 0 Å². The highest BCUT2D eigenvalue weighted by atomic mass is 16.6. The van der Waals surface area contributed by atoms with Gasteiger partial charge in [0.05, 0.1) is 24.9 Å². The number of guanidine groups is 1. The second-order valence-electron chi connectivity index (χ2n) is 17.7. The van der Waals surface area contributed by atoms with Crippen molar-refractivity contribution in [2.45, 2.75) is 217 Å². The molecule has 0 radical (unpaired) electrons. The van der Waals surface area contributed by atoms with Crippen molar-refractivity contribution in [1.29, 1.82) is 0 Å². The Kier molecular flexibility index (Phi) is 18.8. The SMILES string of the molecule is CC/C=C/[C@H]1CC[C@@]2(C[C@@H]3CC[C@@H]4[C@H](C(=O)OCCCCCCCCCCCCCCCC(=O)N(CCCN)CCCCN)[C@]5(CCC[C@@H](C)O5)N=C(N2)N34)O1. The van der Waals surface area contributed by atoms with Crippen LogP contribution in [0.25, 0.3) is 0 Å². The van der Waals surface area contributed by atoms with Gasteiger partial charge in [0.15, 0.2) is 11.7 Å². The summed E-state index contributed by atoms with van der Waals surface area (Å²) < 4.78 is 19.5. The molecule has 5 heterocycles. The third-order valence-electron chi connectivity index (χ3n) is 13.1. The van der Waals surface area contributed by atoms with Crippen LogP contribution in [-0.4, -0.2) is 96.2 Å². The number of nitrogens with zero attached hydrogens (tertiary/aromatic N) is 3. The first kappa shape index (κ1) is 44.9. The lowest BCUT2D eigenvalue weighted by molar-refractivity contribution is -0.193. The number of allylic oxidation sites excluding steroid dienone is 1. The maximum absolute atomic E-state index is 14.0. The Hall–Kier alpha value is -2.21. The molecule has 0 saturated carbocycles. The van der Waals surface area contributed by atoms with E-state index in [0.717, 1.165) is 122 Å². The van der Waals surface area contributed by atoms with Crippen molar-refractivity contribution in [2.75, 3.05) is 32.8 Å². The number of unbranched alkanes of at least 4 members (excludes halogenated alkanes) is 13. The zero-order chi connectivity index (χ0) is 39.6. The summed E-state index contributed by atoms with van der Waals surface area (Å²) >= 11 is 0. The lowest BCUT2D eigenvalue weighted by Gasteiger charge is -2.54. The normalized spacial score (nSPS) is 29.5. The molecule has 4 fully saturated rings. The van der Waals surface area contributed by atoms with E-state index in [1.165, 1.54) is 57.8 Å². The number of hydrogen-bond acceptors (Lipinski definition) is 10. The second-order valence-corrected chi connectivity index (χ2v) is 17.7. The number of ether oxygens (including phenoxy) is 3. The molecule has 5 rings (SSSR count). The highest BCUT2D eigenvalue weighted by molar-refractivity contribution is 5.87. The van der Waals surface area contributed by atoms with E-state index in [-0.39, 0.29) is 30.1 Å². The predicted octanol–water partition coefficient (Wildman–Crippen LogP) is 7.85. The Labute approximate surface area is 339 Å². The van der Waals surface area contributed by atoms with Gasteiger partial charge in [-0.2, -0.15) is 0 Å². The molecule has 320 valence electrons. The molecule has 0 bridgehead atoms. The Morgan fingerprint density at radius 3 is 2.21 bits per heavy atom. The average Bonchev–Trinajstić information content (AvgIpc) is 3.78. The van der Waals surface area contributed by atoms with Gasteiger partial charge >= 0.3 is 5.97 Å². The van der Waals surface area contributed by atoms with Crippen molar-refractivity contribution >= 4 is 17.8 Å². The van der Waals surface area contributed by atoms with E-state index in [2.05, 4.69) is 36.2 Å². The Balaban J connectivity index is 0.938. The third-order valence-corrected chi connectivity index (χ3v) is 13.1. The van der Waals surface area contributed by atoms with Gasteiger partial charge in [0.2, 0.25) is 5.91 Å². The summed E-state index contributed by atoms with van der Waals surface area (Å²) in [5, 5.41) is 3.77. The molecule has 7 atom stereocenters. The largest absolute Gasteiger partial charge is 0.465 e. The molecule has 2 spiro atoms. The van der Waals surface area contributed by atoms with Crippen molar-refractivity contribution in [1.82, 2.24) is 15.1 Å². The van der Waals surface area contributed by atoms with Gasteiger partial charge in [-0.05, 0) is 103 Å². The van der Waals surface area contributed by atoms with Crippen molar-refractivity contribution in [3.63, 3.8) is 0 Å². The number of carbonyl (C=O) groups is 2. The minimum atomic E-state index is -0.872. The molecule has 1 amide bonds. The van der Waals surface area contributed by atoms with Crippen LogP contribution in [0.3, 0.4) is 0 Å². The molecule has 0 aromatic carbocycles. The number of amides is 1. The van der Waals surface area contributed by atoms with Crippen molar-refractivity contribution in [3.8, 4) is 0 Å². The van der Waals surface area contributed by atoms with Gasteiger partial charge in [0.1, 0.15) is 11.6 Å². The van der Waals surface area contributed by atoms with Gasteiger partial charge < -0.3 is 40.8 Å². The van der Waals surface area contributed by atoms with Crippen LogP contribution in [0, 0.1) is 5.92 Å². The van der Waals surface area contributed by atoms with Crippen LogP contribution in [0.2, 0.25) is 0 Å². The molecule has 0 aliphatic carbocycles. The number of nitrogens with one attached hydrogen (secondary N) is 1. The summed E-state index contributed by atoms with van der Waals surface area (Å²) in [6, 6.07) is 0.361. The number of aliphatic imine (C=N–C) groups is 1. The molecule has 5 aliphatic rings. The molecule has 4 saturated heterocycles. The van der Waals surface area contributed by atoms with Gasteiger partial charge in [0, 0.05) is 32.0 Å². The first-order chi connectivity index (χ1) is 27.3. The van der Waals surface area contributed by atoms with Crippen LogP contribution in [-0.2, 0) is 23.8 Å². The fraction of sp³-hybridized carbons (Fsp3) is 0.889. The van der Waals surface area contributed by atoms with Gasteiger partial charge in [-0.25, -0.2) is 4.99 Å². The summed E-state index contributed by atoms with van der Waals surface area (Å²) in [7, 11) is 0. The van der Waals surface area contributed by atoms with Crippen LogP contribution >= 0.6 is 0 Å². The summed E-state index contributed by atoms with van der Waals surface area (Å²) in [5.74, 6) is 0.634. The minimum Gasteiger partial charge on any atom is -0.465 e. The molecule has 0 aromatic heterocycles. The van der Waals surface area contributed by atoms with Crippen molar-refractivity contribution < 1.29 is 23.8 Å². The highest BCUT2D eigenvalue weighted by Gasteiger charge is 2.62. The molecular formula is C45H80N6O5. The predicted molar refractivity (Wildman–Crippen MR) is 225 cm³/mol. The lowest BCUT2D eigenvalue weighted by atomic mass is 9.80. The summed E-state index contributed by atoms with van der Waals surface area (Å²) in [6.45, 7) is 7.66. The first-order valence-electron chi connectivity index (χ1n) is 23.4. The average molecular weight is 785 g/mol. The Morgan fingerprint density at radius 1 is 0.857 bits per heavy atom. The number of rotatable bonds is 26. The van der Waals surface area contributed by atoms with E-state index in [1.54, 1.807) is 0 Å². The minimum absolute atomic E-state index is 0.0443. The van der Waals surface area contributed by atoms with E-state index in [0.29, 0.717) is 32.2 Å². The molecule has 5 aliphatic heterocycles. The Bertz CT molecular complexity index is 1250. The fourth-order valence-electron chi connectivity index (χ4n) is 10.1. The monoisotopic (exact) mass is 785 g/mol. The maximum Gasteiger partial charge on any atom is 0.316 e. The van der Waals surface area contributed by atoms with E-state index in [4.69, 9.17) is 30.7 Å². The molecular weight excluding hydrogens is 705 g/mol. The summed E-state index contributed by atoms with van der Waals surface area (Å²) in [5.41, 5.74) is 10.0. The molecule has 0 aromatic rings. The molecule has 11 heteroatoms. The third kappa shape index (κ3) is 12.6. The van der Waals surface area contributed by atoms with Crippen LogP contribution in [0.4, 0.5) is 0 Å². The van der Waals surface area contributed by atoms with Crippen LogP contribution in [0.5, 0.6) is 0 Å². The summed E-state index contributed by atoms with van der Waals surface area (Å²) in [6.07, 6.45) is 32.3. The van der Waals surface area contributed by atoms with E-state index in [1.807, 2.05) is 4.90 Å². The van der Waals surface area contributed by atoms with E-state index < -0.39 is 17.4 Å². The number of esters is 1. The number of carbonyl (C=O) groups excluding carboxylic acids is 2. The number of hydrogen-bond donors (Lipinski definition) is 3. The zero-order valence-corrected chi connectivity index (χ0v) is 35.5. The highest BCUT2D eigenvalue weighted by Crippen LogP contribution is 2.50. The Morgan fingerprint density at radius 2 is 1.54 bits per heavy atom. The van der Waals surface area contributed by atoms with E-state index >= 15 is 0 Å². The maximum atomic E-state index is 14.0. The first-order valence-corrected chi connectivity index (χ1v) is 23.4. The molecule has 0 unspecified atom stereocenters. The van der Waals surface area contributed by atoms with Crippen LogP contribution in [0.1, 0.15) is 181 Å². The smallest absolute Gasteiger partial charge is 0.316 e. The second kappa shape index (κ2) is 23.4. The molecule has 5 N–H and O–H groups in total. The van der Waals surface area contributed by atoms with Gasteiger partial charge in [-0.1, -0.05) is 89.7 Å². The fourth-order valence-corrected chi connectivity index (χ4v) is 10.1. The molecule has 56 heavy (non-hydrogen) atoms. The van der Waals surface area contributed by atoms with Crippen molar-refractivity contribution in [3.05, 3.63) is 12.2 Å². The lowest BCUT2D eigenvalue weighted by Crippen LogP contribution is -2.70. The quantitative estimate of drug-likeness (QED) is 0.0454. The van der Waals surface area contributed by atoms with Crippen LogP contribution < -0.4 is 16.8 Å². The molecule has 11 nitrogen and oxygen atoms in total. The van der Waals surface area contributed by atoms with E-state index in [9.17, 15) is 9.59 Å². The van der Waals surface area contributed by atoms with Crippen LogP contribution in [0.15, 0.2) is 17.1 Å². The number of nitrogens with two attached hydrogens (primary N) is 2. The van der Waals surface area contributed by atoms with Gasteiger partial charge in [0.25, 0.3) is 0 Å². The van der Waals surface area contributed by atoms with Gasteiger partial charge in [-0.3, -0.25) is 9.59 Å². The standard InChI is InChI=1S/C45H80N6O5/c1-3-4-23-38-27-29-44(56-38)35-37-25-26-39-41(45(28-20-22-36(2)55-45)49-43(48-44)51(37)39)42(53)54-34-19-15-13-11-9-7-5-6-8-10-12-14-16-24-40(52)50(33-21-31-47)32-18-17-30-46/h4,23,36-39,41H,3,5-22,24-35,46-47H2,1-2H3,(H,48,49)/b23-4+/t36-,37+,38+,39-,41-,44+,45-/m1/s1.